The summed E-state index contributed by atoms with van der Waals surface area (Å²) in [4.78, 5) is 11.7. The molecule has 2 rings (SSSR count). The molecule has 0 saturated carbocycles. The van der Waals surface area contributed by atoms with Crippen LogP contribution in [-0.4, -0.2) is 19.0 Å². The lowest BCUT2D eigenvalue weighted by Crippen LogP contribution is -2.30. The van der Waals surface area contributed by atoms with Crippen LogP contribution in [0, 0.1) is 11.3 Å². The maximum absolute atomic E-state index is 11.7. The van der Waals surface area contributed by atoms with E-state index in [-0.39, 0.29) is 12.5 Å². The molecule has 0 aliphatic heterocycles. The van der Waals surface area contributed by atoms with E-state index in [1.165, 1.54) is 5.56 Å². The molecule has 0 aliphatic carbocycles. The molecule has 0 aromatic heterocycles. The van der Waals surface area contributed by atoms with Crippen LogP contribution in [0.4, 0.5) is 5.69 Å². The number of nitrogens with zero attached hydrogens (tertiary/aromatic N) is 1. The minimum Gasteiger partial charge on any atom is -0.376 e. The van der Waals surface area contributed by atoms with E-state index in [0.29, 0.717) is 12.1 Å². The summed E-state index contributed by atoms with van der Waals surface area (Å²) in [6.45, 7) is 0.869. The van der Waals surface area contributed by atoms with Crippen molar-refractivity contribution in [3.63, 3.8) is 0 Å². The maximum atomic E-state index is 11.7. The molecule has 2 aromatic rings. The van der Waals surface area contributed by atoms with Crippen LogP contribution in [0.2, 0.25) is 0 Å². The van der Waals surface area contributed by atoms with E-state index in [4.69, 9.17) is 5.26 Å². The molecule has 4 heteroatoms. The van der Waals surface area contributed by atoms with E-state index in [1.54, 1.807) is 18.2 Å². The number of nitriles is 1. The van der Waals surface area contributed by atoms with Gasteiger partial charge in [-0.25, -0.2) is 0 Å². The lowest BCUT2D eigenvalue weighted by Gasteiger charge is -2.08. The number of benzene rings is 2. The van der Waals surface area contributed by atoms with Crippen molar-refractivity contribution in [2.24, 2.45) is 0 Å². The molecular weight excluding hydrogens is 274 g/mol. The van der Waals surface area contributed by atoms with Crippen molar-refractivity contribution in [3.8, 4) is 6.07 Å². The predicted molar refractivity (Wildman–Crippen MR) is 87.4 cm³/mol. The molecule has 2 aromatic carbocycles. The summed E-state index contributed by atoms with van der Waals surface area (Å²) in [5, 5.41) is 14.7. The third kappa shape index (κ3) is 5.29. The number of hydrogen-bond donors (Lipinski definition) is 2. The van der Waals surface area contributed by atoms with Crippen LogP contribution in [0.1, 0.15) is 17.5 Å². The second kappa shape index (κ2) is 8.48. The second-order valence-electron chi connectivity index (χ2n) is 4.99. The zero-order chi connectivity index (χ0) is 15.6. The molecule has 0 spiro atoms. The fourth-order valence-corrected chi connectivity index (χ4v) is 2.11. The molecule has 1 amide bonds. The number of rotatable bonds is 7. The van der Waals surface area contributed by atoms with E-state index in [9.17, 15) is 4.79 Å². The first-order valence-electron chi connectivity index (χ1n) is 7.32. The predicted octanol–water partition coefficient (Wildman–Crippen LogP) is 2.72. The van der Waals surface area contributed by atoms with Crippen molar-refractivity contribution < 1.29 is 4.79 Å². The molecule has 0 bridgehead atoms. The Bertz CT molecular complexity index is 647. The molecule has 0 heterocycles. The van der Waals surface area contributed by atoms with Crippen LogP contribution in [0.3, 0.4) is 0 Å². The highest BCUT2D eigenvalue weighted by Crippen LogP contribution is 2.08. The van der Waals surface area contributed by atoms with Gasteiger partial charge >= 0.3 is 0 Å². The Balaban J connectivity index is 1.64. The molecule has 0 atom stereocenters. The third-order valence-corrected chi connectivity index (χ3v) is 3.25. The van der Waals surface area contributed by atoms with E-state index in [2.05, 4.69) is 28.8 Å². The number of nitrogens with one attached hydrogen (secondary N) is 2. The van der Waals surface area contributed by atoms with Gasteiger partial charge < -0.3 is 10.6 Å². The largest absolute Gasteiger partial charge is 0.376 e. The summed E-state index contributed by atoms with van der Waals surface area (Å²) in [5.41, 5.74) is 2.63. The lowest BCUT2D eigenvalue weighted by atomic mass is 10.1. The summed E-state index contributed by atoms with van der Waals surface area (Å²) in [7, 11) is 0. The summed E-state index contributed by atoms with van der Waals surface area (Å²) >= 11 is 0. The third-order valence-electron chi connectivity index (χ3n) is 3.25. The Morgan fingerprint density at radius 1 is 1.09 bits per heavy atom. The number of carbonyl (C=O) groups excluding carboxylic acids is 1. The van der Waals surface area contributed by atoms with Gasteiger partial charge in [0.25, 0.3) is 0 Å². The van der Waals surface area contributed by atoms with Crippen LogP contribution in [0.25, 0.3) is 0 Å². The average molecular weight is 293 g/mol. The summed E-state index contributed by atoms with van der Waals surface area (Å²) in [5.74, 6) is -0.0459. The number of anilines is 1. The van der Waals surface area contributed by atoms with Crippen molar-refractivity contribution in [2.45, 2.75) is 12.8 Å². The minimum atomic E-state index is -0.0459. The van der Waals surface area contributed by atoms with Crippen LogP contribution in [0.15, 0.2) is 54.6 Å². The van der Waals surface area contributed by atoms with E-state index >= 15 is 0 Å². The highest BCUT2D eigenvalue weighted by atomic mass is 16.1. The fourth-order valence-electron chi connectivity index (χ4n) is 2.11. The smallest absolute Gasteiger partial charge is 0.239 e. The molecular formula is C18H19N3O. The van der Waals surface area contributed by atoms with Crippen molar-refractivity contribution in [1.82, 2.24) is 5.32 Å². The molecule has 112 valence electrons. The normalized spacial score (nSPS) is 9.77. The first-order chi connectivity index (χ1) is 10.8. The molecule has 2 N–H and O–H groups in total. The van der Waals surface area contributed by atoms with Crippen molar-refractivity contribution >= 4 is 11.6 Å². The topological polar surface area (TPSA) is 64.9 Å². The summed E-state index contributed by atoms with van der Waals surface area (Å²) in [6, 6.07) is 19.4. The molecule has 22 heavy (non-hydrogen) atoms. The van der Waals surface area contributed by atoms with Crippen LogP contribution in [0.5, 0.6) is 0 Å². The quantitative estimate of drug-likeness (QED) is 0.771. The van der Waals surface area contributed by atoms with Crippen LogP contribution in [-0.2, 0) is 11.2 Å². The Labute approximate surface area is 130 Å². The molecule has 0 aliphatic rings. The van der Waals surface area contributed by atoms with Gasteiger partial charge in [-0.3, -0.25) is 4.79 Å². The molecule has 4 nitrogen and oxygen atoms in total. The van der Waals surface area contributed by atoms with E-state index in [1.807, 2.05) is 24.3 Å². The zero-order valence-electron chi connectivity index (χ0n) is 12.4. The zero-order valence-corrected chi connectivity index (χ0v) is 12.4. The van der Waals surface area contributed by atoms with E-state index < -0.39 is 0 Å². The van der Waals surface area contributed by atoms with Crippen molar-refractivity contribution in [2.75, 3.05) is 18.4 Å². The van der Waals surface area contributed by atoms with Crippen molar-refractivity contribution in [3.05, 3.63) is 65.7 Å². The van der Waals surface area contributed by atoms with Gasteiger partial charge in [-0.05, 0) is 36.6 Å². The SMILES string of the molecule is N#Cc1cccc(NCC(=O)NCCCc2ccccc2)c1. The van der Waals surface area contributed by atoms with Crippen LogP contribution < -0.4 is 10.6 Å². The van der Waals surface area contributed by atoms with Gasteiger partial charge in [-0.2, -0.15) is 5.26 Å². The van der Waals surface area contributed by atoms with Gasteiger partial charge in [0.05, 0.1) is 18.2 Å². The van der Waals surface area contributed by atoms with Gasteiger partial charge in [0.15, 0.2) is 0 Å². The summed E-state index contributed by atoms with van der Waals surface area (Å²) < 4.78 is 0. The Morgan fingerprint density at radius 2 is 1.91 bits per heavy atom. The summed E-state index contributed by atoms with van der Waals surface area (Å²) in [6.07, 6.45) is 1.87. The monoisotopic (exact) mass is 293 g/mol. The van der Waals surface area contributed by atoms with Gasteiger partial charge in [-0.15, -0.1) is 0 Å². The Morgan fingerprint density at radius 3 is 2.68 bits per heavy atom. The first-order valence-corrected chi connectivity index (χ1v) is 7.32. The molecule has 0 saturated heterocycles. The highest BCUT2D eigenvalue weighted by molar-refractivity contribution is 5.80. The van der Waals surface area contributed by atoms with Gasteiger partial charge in [-0.1, -0.05) is 36.4 Å². The number of aryl methyl sites for hydroxylation is 1. The highest BCUT2D eigenvalue weighted by Gasteiger charge is 2.01. The van der Waals surface area contributed by atoms with E-state index in [0.717, 1.165) is 18.5 Å². The van der Waals surface area contributed by atoms with Crippen LogP contribution >= 0.6 is 0 Å². The van der Waals surface area contributed by atoms with Gasteiger partial charge in [0.1, 0.15) is 0 Å². The van der Waals surface area contributed by atoms with Gasteiger partial charge in [0, 0.05) is 12.2 Å². The molecule has 0 radical (unpaired) electrons. The Hall–Kier alpha value is -2.80. The average Bonchev–Trinajstić information content (AvgIpc) is 2.58. The standard InChI is InChI=1S/C18H19N3O/c19-13-16-8-4-10-17(12-16)21-14-18(22)20-11-5-9-15-6-2-1-3-7-15/h1-4,6-8,10,12,21H,5,9,11,14H2,(H,20,22). The number of hydrogen-bond acceptors (Lipinski definition) is 3. The Kier molecular flexibility index (Phi) is 6.01. The minimum absolute atomic E-state index is 0.0459. The lowest BCUT2D eigenvalue weighted by molar-refractivity contribution is -0.119. The molecule has 0 fully saturated rings. The number of carbonyl (C=O) groups is 1. The molecule has 0 unspecified atom stereocenters. The number of amides is 1. The second-order valence-corrected chi connectivity index (χ2v) is 4.99. The van der Waals surface area contributed by atoms with Gasteiger partial charge in [0.2, 0.25) is 5.91 Å². The van der Waals surface area contributed by atoms with Crippen molar-refractivity contribution in [1.29, 1.82) is 5.26 Å². The fraction of sp³-hybridized carbons (Fsp3) is 0.222. The first kappa shape index (κ1) is 15.6. The maximum Gasteiger partial charge on any atom is 0.239 e.